The summed E-state index contributed by atoms with van der Waals surface area (Å²) >= 11 is -1.74. The fourth-order valence-corrected chi connectivity index (χ4v) is 2.19. The van der Waals surface area contributed by atoms with E-state index >= 15 is 0 Å². The van der Waals surface area contributed by atoms with Crippen molar-refractivity contribution in [1.29, 1.82) is 0 Å². The first-order valence-corrected chi connectivity index (χ1v) is 7.72. The minimum Gasteiger partial charge on any atom is -0.591 e. The molecular weight excluding hydrogens is 352 g/mol. The van der Waals surface area contributed by atoms with Gasteiger partial charge in [0, 0.05) is 5.56 Å². The van der Waals surface area contributed by atoms with E-state index in [2.05, 4.69) is 4.40 Å². The molecule has 0 saturated carbocycles. The zero-order chi connectivity index (χ0) is 18.9. The number of alkyl halides is 3. The van der Waals surface area contributed by atoms with Crippen LogP contribution >= 0.6 is 0 Å². The summed E-state index contributed by atoms with van der Waals surface area (Å²) < 4.78 is 67.8. The van der Waals surface area contributed by atoms with Gasteiger partial charge >= 0.3 is 12.3 Å². The molecule has 0 aromatic heterocycles. The Labute approximate surface area is 139 Å². The van der Waals surface area contributed by atoms with E-state index in [0.717, 1.165) is 6.07 Å². The molecule has 0 fully saturated rings. The van der Waals surface area contributed by atoms with E-state index < -0.39 is 45.4 Å². The highest BCUT2D eigenvalue weighted by Crippen LogP contribution is 2.35. The van der Waals surface area contributed by atoms with Gasteiger partial charge in [0.2, 0.25) is 0 Å². The highest BCUT2D eigenvalue weighted by atomic mass is 32.2. The summed E-state index contributed by atoms with van der Waals surface area (Å²) in [5.41, 5.74) is -2.73. The monoisotopic (exact) mass is 368 g/mol. The average molecular weight is 368 g/mol. The molecule has 2 N–H and O–H groups in total. The van der Waals surface area contributed by atoms with Gasteiger partial charge in [-0.15, -0.1) is 0 Å². The molecule has 1 aromatic rings. The third-order valence-electron chi connectivity index (χ3n) is 2.78. The minimum atomic E-state index is -5.03. The van der Waals surface area contributed by atoms with Crippen molar-refractivity contribution in [3.8, 4) is 0 Å². The molecule has 0 saturated heterocycles. The van der Waals surface area contributed by atoms with Crippen LogP contribution in [-0.4, -0.2) is 26.2 Å². The van der Waals surface area contributed by atoms with Crippen LogP contribution in [0.25, 0.3) is 0 Å². The van der Waals surface area contributed by atoms with Crippen LogP contribution in [0.1, 0.15) is 38.8 Å². The summed E-state index contributed by atoms with van der Waals surface area (Å²) in [6.07, 6.45) is -6.74. The molecule has 24 heavy (non-hydrogen) atoms. The van der Waals surface area contributed by atoms with Gasteiger partial charge in [0.05, 0.1) is 17.0 Å². The summed E-state index contributed by atoms with van der Waals surface area (Å²) in [7, 11) is 0. The largest absolute Gasteiger partial charge is 0.591 e. The maximum Gasteiger partial charge on any atom is 0.419 e. The number of carboxylic acid groups (broad SMARTS) is 1. The maximum absolute atomic E-state index is 13.9. The number of nitrogens with one attached hydrogen (secondary N) is 1. The lowest BCUT2D eigenvalue weighted by Gasteiger charge is -2.19. The number of halogens is 4. The lowest BCUT2D eigenvalue weighted by molar-refractivity contribution is -0.139. The standard InChI is InChI=1S/C14H16F4N2O3S/c1-7(20-24(23)13(2,3)4)8-5-9(14(16,17)18)11(15)10(6-8)19-12(21)22/h5-6,19H,1-4H3,(H,21,22)/t24-/m1/s1. The van der Waals surface area contributed by atoms with Crippen molar-refractivity contribution in [2.45, 2.75) is 38.6 Å². The van der Waals surface area contributed by atoms with Gasteiger partial charge in [0.25, 0.3) is 0 Å². The first-order valence-electron chi connectivity index (χ1n) is 6.62. The Morgan fingerprint density at radius 3 is 2.25 bits per heavy atom. The van der Waals surface area contributed by atoms with Gasteiger partial charge in [-0.3, -0.25) is 5.32 Å². The molecule has 1 aromatic carbocycles. The topological polar surface area (TPSA) is 84.8 Å². The number of hydrogen-bond acceptors (Lipinski definition) is 3. The fourth-order valence-electron chi connectivity index (χ4n) is 1.56. The fraction of sp³-hybridized carbons (Fsp3) is 0.429. The molecule has 1 atom stereocenters. The summed E-state index contributed by atoms with van der Waals surface area (Å²) in [5.74, 6) is -1.74. The highest BCUT2D eigenvalue weighted by molar-refractivity contribution is 7.91. The molecule has 0 aliphatic heterocycles. The van der Waals surface area contributed by atoms with Gasteiger partial charge in [-0.2, -0.15) is 13.2 Å². The molecule has 134 valence electrons. The van der Waals surface area contributed by atoms with Gasteiger partial charge in [0.15, 0.2) is 5.82 Å². The van der Waals surface area contributed by atoms with E-state index in [0.29, 0.717) is 6.07 Å². The van der Waals surface area contributed by atoms with Gasteiger partial charge in [-0.25, -0.2) is 9.18 Å². The number of anilines is 1. The number of benzene rings is 1. The van der Waals surface area contributed by atoms with E-state index in [-0.39, 0.29) is 11.3 Å². The Morgan fingerprint density at radius 1 is 1.29 bits per heavy atom. The predicted molar refractivity (Wildman–Crippen MR) is 83.2 cm³/mol. The predicted octanol–water partition coefficient (Wildman–Crippen LogP) is 4.21. The van der Waals surface area contributed by atoms with E-state index in [1.165, 1.54) is 6.92 Å². The Morgan fingerprint density at radius 2 is 1.83 bits per heavy atom. The van der Waals surface area contributed by atoms with E-state index in [1.807, 2.05) is 0 Å². The van der Waals surface area contributed by atoms with Crippen molar-refractivity contribution in [1.82, 2.24) is 0 Å². The lowest BCUT2D eigenvalue weighted by atomic mass is 10.0. The Hall–Kier alpha value is -1.81. The van der Waals surface area contributed by atoms with Gasteiger partial charge < -0.3 is 9.66 Å². The number of rotatable bonds is 3. The first kappa shape index (κ1) is 20.2. The van der Waals surface area contributed by atoms with Crippen LogP contribution in [0.2, 0.25) is 0 Å². The molecule has 10 heteroatoms. The van der Waals surface area contributed by atoms with Gasteiger partial charge in [-0.05, 0) is 39.8 Å². The molecule has 0 heterocycles. The van der Waals surface area contributed by atoms with Crippen LogP contribution in [0, 0.1) is 5.82 Å². The van der Waals surface area contributed by atoms with Gasteiger partial charge in [0.1, 0.15) is 16.1 Å². The molecule has 0 unspecified atom stereocenters. The second-order valence-corrected chi connectivity index (χ2v) is 7.76. The number of nitrogens with zero attached hydrogens (tertiary/aromatic N) is 1. The quantitative estimate of drug-likeness (QED) is 0.476. The van der Waals surface area contributed by atoms with Crippen LogP contribution in [0.4, 0.5) is 28.0 Å². The molecule has 1 amide bonds. The zero-order valence-electron chi connectivity index (χ0n) is 13.3. The van der Waals surface area contributed by atoms with Crippen molar-refractivity contribution in [3.05, 3.63) is 29.1 Å². The third-order valence-corrected chi connectivity index (χ3v) is 4.27. The van der Waals surface area contributed by atoms with Crippen molar-refractivity contribution in [2.75, 3.05) is 5.32 Å². The Kier molecular flexibility index (Phi) is 5.88. The third kappa shape index (κ3) is 5.10. The normalized spacial score (nSPS) is 14.5. The second kappa shape index (κ2) is 6.98. The molecule has 0 aliphatic rings. The molecule has 1 rings (SSSR count). The van der Waals surface area contributed by atoms with Crippen molar-refractivity contribution < 1.29 is 32.0 Å². The van der Waals surface area contributed by atoms with Crippen LogP contribution < -0.4 is 5.32 Å². The second-order valence-electron chi connectivity index (χ2n) is 5.85. The minimum absolute atomic E-state index is 0.0396. The van der Waals surface area contributed by atoms with E-state index in [1.54, 1.807) is 26.1 Å². The van der Waals surface area contributed by atoms with Crippen molar-refractivity contribution in [3.63, 3.8) is 0 Å². The molecule has 0 radical (unpaired) electrons. The first-order chi connectivity index (χ1) is 10.7. The van der Waals surface area contributed by atoms with E-state index in [4.69, 9.17) is 5.11 Å². The average Bonchev–Trinajstić information content (AvgIpc) is 2.37. The lowest BCUT2D eigenvalue weighted by Crippen LogP contribution is -2.26. The summed E-state index contributed by atoms with van der Waals surface area (Å²) in [4.78, 5) is 10.6. The number of amides is 1. The summed E-state index contributed by atoms with van der Waals surface area (Å²) in [6.45, 7) is 6.19. The van der Waals surface area contributed by atoms with Crippen LogP contribution in [0.15, 0.2) is 16.5 Å². The van der Waals surface area contributed by atoms with Crippen molar-refractivity contribution >= 4 is 28.9 Å². The Bertz CT molecular complexity index is 669. The Balaban J connectivity index is 3.48. The van der Waals surface area contributed by atoms with Crippen molar-refractivity contribution in [2.24, 2.45) is 4.40 Å². The highest BCUT2D eigenvalue weighted by Gasteiger charge is 2.36. The smallest absolute Gasteiger partial charge is 0.419 e. The SMILES string of the molecule is CC(=N[S@+]([O-])C(C)(C)C)c1cc(NC(=O)O)c(F)c(C(F)(F)F)c1. The molecule has 5 nitrogen and oxygen atoms in total. The van der Waals surface area contributed by atoms with Crippen LogP contribution in [-0.2, 0) is 17.5 Å². The zero-order valence-corrected chi connectivity index (χ0v) is 14.1. The van der Waals surface area contributed by atoms with Gasteiger partial charge in [-0.1, -0.05) is 4.40 Å². The van der Waals surface area contributed by atoms with Crippen LogP contribution in [0.3, 0.4) is 0 Å². The molecule has 0 bridgehead atoms. The molecule has 0 spiro atoms. The van der Waals surface area contributed by atoms with Crippen LogP contribution in [0.5, 0.6) is 0 Å². The molecular formula is C14H16F4N2O3S. The van der Waals surface area contributed by atoms with E-state index in [9.17, 15) is 26.9 Å². The summed E-state index contributed by atoms with van der Waals surface area (Å²) in [5, 5.41) is 10.2. The number of carbonyl (C=O) groups is 1. The number of hydrogen-bond donors (Lipinski definition) is 2. The maximum atomic E-state index is 13.9. The molecule has 0 aliphatic carbocycles. The summed E-state index contributed by atoms with van der Waals surface area (Å²) in [6, 6.07) is 1.37.